The van der Waals surface area contributed by atoms with Crippen LogP contribution in [-0.2, 0) is 19.5 Å². The molecular weight excluding hydrogens is 372 g/mol. The van der Waals surface area contributed by atoms with Gasteiger partial charge in [0, 0.05) is 30.0 Å². The van der Waals surface area contributed by atoms with Gasteiger partial charge < -0.3 is 15.0 Å². The van der Waals surface area contributed by atoms with Crippen LogP contribution in [0.1, 0.15) is 55.1 Å². The summed E-state index contributed by atoms with van der Waals surface area (Å²) in [6.07, 6.45) is 0.927. The number of benzene rings is 2. The van der Waals surface area contributed by atoms with Crippen LogP contribution in [0.4, 0.5) is 0 Å². The highest BCUT2D eigenvalue weighted by Gasteiger charge is 2.22. The Bertz CT molecular complexity index is 1060. The standard InChI is InChI=1S/C26H32N2O2/c1-17-10-11-19(3)23(14-17)16-28-20(4)24(25(21(28)5)26(29)30)15-27-13-12-22-9-7-6-8-18(22)2/h6-11,14,27H,12-13,15-16H2,1-5H3,(H,29,30). The monoisotopic (exact) mass is 404 g/mol. The second-order valence-corrected chi connectivity index (χ2v) is 8.20. The van der Waals surface area contributed by atoms with Gasteiger partial charge in [-0.1, -0.05) is 48.0 Å². The Hall–Kier alpha value is -2.85. The van der Waals surface area contributed by atoms with E-state index in [0.717, 1.165) is 29.9 Å². The van der Waals surface area contributed by atoms with Crippen molar-refractivity contribution < 1.29 is 9.90 Å². The molecular formula is C26H32N2O2. The van der Waals surface area contributed by atoms with E-state index in [0.29, 0.717) is 18.7 Å². The molecule has 0 fully saturated rings. The predicted molar refractivity (Wildman–Crippen MR) is 122 cm³/mol. The molecule has 0 bridgehead atoms. The van der Waals surface area contributed by atoms with E-state index < -0.39 is 5.97 Å². The van der Waals surface area contributed by atoms with Gasteiger partial charge in [0.15, 0.2) is 0 Å². The lowest BCUT2D eigenvalue weighted by Gasteiger charge is -2.13. The molecule has 158 valence electrons. The Labute approximate surface area is 179 Å². The summed E-state index contributed by atoms with van der Waals surface area (Å²) in [7, 11) is 0. The molecule has 4 heteroatoms. The molecule has 2 N–H and O–H groups in total. The summed E-state index contributed by atoms with van der Waals surface area (Å²) in [5, 5.41) is 13.3. The number of hydrogen-bond acceptors (Lipinski definition) is 2. The minimum absolute atomic E-state index is 0.432. The molecule has 1 heterocycles. The summed E-state index contributed by atoms with van der Waals surface area (Å²) < 4.78 is 2.14. The predicted octanol–water partition coefficient (Wildman–Crippen LogP) is 5.11. The minimum atomic E-state index is -0.856. The van der Waals surface area contributed by atoms with Gasteiger partial charge in [-0.2, -0.15) is 0 Å². The Morgan fingerprint density at radius 1 is 0.933 bits per heavy atom. The van der Waals surface area contributed by atoms with Crippen LogP contribution in [0, 0.1) is 34.6 Å². The summed E-state index contributed by atoms with van der Waals surface area (Å²) in [6.45, 7) is 12.3. The van der Waals surface area contributed by atoms with Crippen molar-refractivity contribution in [3.8, 4) is 0 Å². The van der Waals surface area contributed by atoms with Gasteiger partial charge in [-0.05, 0) is 69.8 Å². The zero-order valence-electron chi connectivity index (χ0n) is 18.7. The van der Waals surface area contributed by atoms with E-state index in [1.54, 1.807) is 0 Å². The molecule has 3 rings (SSSR count). The first-order valence-electron chi connectivity index (χ1n) is 10.5. The number of aromatic carboxylic acids is 1. The molecule has 4 nitrogen and oxygen atoms in total. The first kappa shape index (κ1) is 21.8. The number of carboxylic acid groups (broad SMARTS) is 1. The molecule has 0 saturated heterocycles. The van der Waals surface area contributed by atoms with Crippen LogP contribution in [0.5, 0.6) is 0 Å². The first-order chi connectivity index (χ1) is 14.3. The third kappa shape index (κ3) is 4.65. The molecule has 0 unspecified atom stereocenters. The van der Waals surface area contributed by atoms with Crippen LogP contribution < -0.4 is 5.32 Å². The number of carbonyl (C=O) groups is 1. The normalized spacial score (nSPS) is 11.1. The van der Waals surface area contributed by atoms with Gasteiger partial charge in [0.25, 0.3) is 0 Å². The summed E-state index contributed by atoms with van der Waals surface area (Å²) in [4.78, 5) is 12.0. The Morgan fingerprint density at radius 3 is 2.33 bits per heavy atom. The largest absolute Gasteiger partial charge is 0.478 e. The van der Waals surface area contributed by atoms with E-state index in [1.807, 2.05) is 13.8 Å². The molecule has 0 amide bonds. The lowest BCUT2D eigenvalue weighted by molar-refractivity contribution is 0.0694. The molecule has 30 heavy (non-hydrogen) atoms. The Morgan fingerprint density at radius 2 is 1.63 bits per heavy atom. The number of aromatic nitrogens is 1. The zero-order chi connectivity index (χ0) is 21.8. The fourth-order valence-electron chi connectivity index (χ4n) is 4.15. The highest BCUT2D eigenvalue weighted by molar-refractivity contribution is 5.91. The number of hydrogen-bond donors (Lipinski definition) is 2. The number of aryl methyl sites for hydroxylation is 3. The van der Waals surface area contributed by atoms with Gasteiger partial charge in [0.05, 0.1) is 5.56 Å². The van der Waals surface area contributed by atoms with Crippen molar-refractivity contribution in [1.82, 2.24) is 9.88 Å². The third-order valence-electron chi connectivity index (χ3n) is 6.09. The molecule has 0 aliphatic heterocycles. The van der Waals surface area contributed by atoms with Gasteiger partial charge in [-0.3, -0.25) is 0 Å². The van der Waals surface area contributed by atoms with E-state index in [9.17, 15) is 9.90 Å². The molecule has 0 atom stereocenters. The maximum Gasteiger partial charge on any atom is 0.337 e. The van der Waals surface area contributed by atoms with Crippen molar-refractivity contribution >= 4 is 5.97 Å². The molecule has 0 radical (unpaired) electrons. The number of nitrogens with zero attached hydrogens (tertiary/aromatic N) is 1. The van der Waals surface area contributed by atoms with Crippen LogP contribution in [-0.4, -0.2) is 22.2 Å². The maximum atomic E-state index is 12.0. The fraction of sp³-hybridized carbons (Fsp3) is 0.346. The first-order valence-corrected chi connectivity index (χ1v) is 10.5. The highest BCUT2D eigenvalue weighted by atomic mass is 16.4. The van der Waals surface area contributed by atoms with Gasteiger partial charge in [-0.15, -0.1) is 0 Å². The SMILES string of the molecule is Cc1ccc(C)c(Cn2c(C)c(CNCCc3ccccc3C)c(C(=O)O)c2C)c1. The van der Waals surface area contributed by atoms with Gasteiger partial charge in [-0.25, -0.2) is 4.79 Å². The smallest absolute Gasteiger partial charge is 0.337 e. The van der Waals surface area contributed by atoms with Crippen LogP contribution in [0.2, 0.25) is 0 Å². The second-order valence-electron chi connectivity index (χ2n) is 8.20. The number of carboxylic acids is 1. The van der Waals surface area contributed by atoms with Crippen molar-refractivity contribution in [2.24, 2.45) is 0 Å². The molecule has 0 aliphatic rings. The Kier molecular flexibility index (Phi) is 6.78. The average Bonchev–Trinajstić information content (AvgIpc) is 2.93. The van der Waals surface area contributed by atoms with Crippen molar-refractivity contribution in [1.29, 1.82) is 0 Å². The van der Waals surface area contributed by atoms with E-state index in [2.05, 4.69) is 73.1 Å². The van der Waals surface area contributed by atoms with E-state index in [1.165, 1.54) is 27.8 Å². The topological polar surface area (TPSA) is 54.3 Å². The molecule has 0 saturated carbocycles. The molecule has 3 aromatic rings. The van der Waals surface area contributed by atoms with Gasteiger partial charge in [0.2, 0.25) is 0 Å². The quantitative estimate of drug-likeness (QED) is 0.513. The second kappa shape index (κ2) is 9.31. The van der Waals surface area contributed by atoms with Crippen molar-refractivity contribution in [3.05, 3.63) is 92.8 Å². The lowest BCUT2D eigenvalue weighted by atomic mass is 10.1. The molecule has 1 aromatic heterocycles. The average molecular weight is 405 g/mol. The Balaban J connectivity index is 1.80. The van der Waals surface area contributed by atoms with Crippen LogP contribution >= 0.6 is 0 Å². The van der Waals surface area contributed by atoms with E-state index >= 15 is 0 Å². The van der Waals surface area contributed by atoms with Gasteiger partial charge in [0.1, 0.15) is 0 Å². The van der Waals surface area contributed by atoms with Crippen molar-refractivity contribution in [2.75, 3.05) is 6.54 Å². The maximum absolute atomic E-state index is 12.0. The summed E-state index contributed by atoms with van der Waals surface area (Å²) in [5.41, 5.74) is 9.44. The van der Waals surface area contributed by atoms with E-state index in [4.69, 9.17) is 0 Å². The molecule has 0 spiro atoms. The lowest BCUT2D eigenvalue weighted by Crippen LogP contribution is -2.19. The zero-order valence-corrected chi connectivity index (χ0v) is 18.7. The molecule has 0 aliphatic carbocycles. The summed E-state index contributed by atoms with van der Waals surface area (Å²) in [6, 6.07) is 14.8. The van der Waals surface area contributed by atoms with Crippen LogP contribution in [0.25, 0.3) is 0 Å². The van der Waals surface area contributed by atoms with Crippen LogP contribution in [0.3, 0.4) is 0 Å². The third-order valence-corrected chi connectivity index (χ3v) is 6.09. The highest BCUT2D eigenvalue weighted by Crippen LogP contribution is 2.25. The summed E-state index contributed by atoms with van der Waals surface area (Å²) in [5.74, 6) is -0.856. The van der Waals surface area contributed by atoms with Crippen LogP contribution in [0.15, 0.2) is 42.5 Å². The van der Waals surface area contributed by atoms with E-state index in [-0.39, 0.29) is 0 Å². The van der Waals surface area contributed by atoms with Crippen molar-refractivity contribution in [2.45, 2.75) is 54.1 Å². The molecule has 2 aromatic carbocycles. The van der Waals surface area contributed by atoms with Gasteiger partial charge >= 0.3 is 5.97 Å². The number of nitrogens with one attached hydrogen (secondary N) is 1. The summed E-state index contributed by atoms with van der Waals surface area (Å²) >= 11 is 0. The fourth-order valence-corrected chi connectivity index (χ4v) is 4.15. The van der Waals surface area contributed by atoms with Crippen molar-refractivity contribution in [3.63, 3.8) is 0 Å². The number of rotatable bonds is 8. The minimum Gasteiger partial charge on any atom is -0.478 e.